The summed E-state index contributed by atoms with van der Waals surface area (Å²) in [6.45, 7) is 4.62. The van der Waals surface area contributed by atoms with E-state index < -0.39 is 0 Å². The molecular weight excluding hydrogens is 279 g/mol. The highest BCUT2D eigenvalue weighted by Crippen LogP contribution is 2.16. The Balaban J connectivity index is 1.92. The van der Waals surface area contributed by atoms with E-state index in [0.717, 1.165) is 0 Å². The Labute approximate surface area is 130 Å². The smallest absolute Gasteiger partial charge is 0.279 e. The first-order valence-corrected chi connectivity index (χ1v) is 7.50. The molecule has 0 unspecified atom stereocenters. The summed E-state index contributed by atoms with van der Waals surface area (Å²) in [7, 11) is 0. The summed E-state index contributed by atoms with van der Waals surface area (Å²) in [5, 5.41) is 4.82. The van der Waals surface area contributed by atoms with Crippen molar-refractivity contribution >= 4 is 11.6 Å². The number of quaternary nitrogens is 1. The van der Waals surface area contributed by atoms with Crippen molar-refractivity contribution in [3.63, 3.8) is 0 Å². The van der Waals surface area contributed by atoms with Gasteiger partial charge in [0.2, 0.25) is 0 Å². The monoisotopic (exact) mass is 301 g/mol. The summed E-state index contributed by atoms with van der Waals surface area (Å²) < 4.78 is 12.8. The number of carbonyl (C=O) groups is 1. The molecule has 0 fully saturated rings. The highest BCUT2D eigenvalue weighted by atomic mass is 19.1. The number of nitrogens with one attached hydrogen (secondary N) is 1. The average Bonchev–Trinajstić information content (AvgIpc) is 2.50. The molecule has 0 heterocycles. The van der Waals surface area contributed by atoms with Crippen LogP contribution in [0, 0.1) is 11.7 Å². The topological polar surface area (TPSA) is 45.7 Å². The summed E-state index contributed by atoms with van der Waals surface area (Å²) in [4.78, 5) is 12.0. The number of hydrogen-bond acceptors (Lipinski definition) is 1. The van der Waals surface area contributed by atoms with Crippen molar-refractivity contribution in [1.82, 2.24) is 0 Å². The number of carbonyl (C=O) groups excluding carboxylic acids is 1. The Morgan fingerprint density at radius 3 is 2.32 bits per heavy atom. The van der Waals surface area contributed by atoms with E-state index in [1.165, 1.54) is 17.7 Å². The number of halogens is 1. The maximum absolute atomic E-state index is 12.8. The van der Waals surface area contributed by atoms with Crippen LogP contribution in [-0.2, 0) is 4.79 Å². The first-order valence-electron chi connectivity index (χ1n) is 7.50. The van der Waals surface area contributed by atoms with E-state index in [1.54, 1.807) is 12.1 Å². The Morgan fingerprint density at radius 1 is 1.09 bits per heavy atom. The second-order valence-corrected chi connectivity index (χ2v) is 5.68. The molecule has 0 aliphatic rings. The van der Waals surface area contributed by atoms with Crippen molar-refractivity contribution in [2.75, 3.05) is 11.9 Å². The van der Waals surface area contributed by atoms with Crippen LogP contribution in [0.25, 0.3) is 0 Å². The molecule has 3 N–H and O–H groups in total. The van der Waals surface area contributed by atoms with Gasteiger partial charge in [-0.25, -0.2) is 4.39 Å². The number of nitrogens with two attached hydrogens (primary N) is 1. The second kappa shape index (κ2) is 7.71. The van der Waals surface area contributed by atoms with Gasteiger partial charge in [0.15, 0.2) is 6.54 Å². The van der Waals surface area contributed by atoms with E-state index >= 15 is 0 Å². The number of anilines is 1. The predicted octanol–water partition coefficient (Wildman–Crippen LogP) is 2.72. The van der Waals surface area contributed by atoms with E-state index in [9.17, 15) is 9.18 Å². The Hall–Kier alpha value is -2.20. The lowest BCUT2D eigenvalue weighted by Crippen LogP contribution is -2.88. The molecule has 2 rings (SSSR count). The molecule has 0 radical (unpaired) electrons. The predicted molar refractivity (Wildman–Crippen MR) is 85.8 cm³/mol. The van der Waals surface area contributed by atoms with Gasteiger partial charge in [-0.2, -0.15) is 0 Å². The summed E-state index contributed by atoms with van der Waals surface area (Å²) in [5.74, 6) is 0.0164. The zero-order valence-corrected chi connectivity index (χ0v) is 12.9. The molecule has 0 saturated carbocycles. The quantitative estimate of drug-likeness (QED) is 0.846. The third-order valence-electron chi connectivity index (χ3n) is 3.59. The highest BCUT2D eigenvalue weighted by Gasteiger charge is 2.20. The normalized spacial score (nSPS) is 12.2. The van der Waals surface area contributed by atoms with Gasteiger partial charge in [-0.15, -0.1) is 0 Å². The molecule has 3 nitrogen and oxygen atoms in total. The minimum atomic E-state index is -0.312. The summed E-state index contributed by atoms with van der Waals surface area (Å²) in [6.07, 6.45) is 0. The standard InChI is InChI=1S/C18H21FN2O/c1-13(2)18(14-6-4-3-5-7-14)20-12-17(22)21-16-10-8-15(19)9-11-16/h3-11,13,18,20H,12H2,1-2H3,(H,21,22)/p+1/t18-/m1/s1. The second-order valence-electron chi connectivity index (χ2n) is 5.68. The highest BCUT2D eigenvalue weighted by molar-refractivity contribution is 5.91. The van der Waals surface area contributed by atoms with Crippen LogP contribution in [0.1, 0.15) is 25.5 Å². The third kappa shape index (κ3) is 4.67. The number of benzene rings is 2. The maximum atomic E-state index is 12.8. The lowest BCUT2D eigenvalue weighted by atomic mass is 9.96. The van der Waals surface area contributed by atoms with Crippen LogP contribution in [0.3, 0.4) is 0 Å². The molecule has 2 aromatic carbocycles. The van der Waals surface area contributed by atoms with Crippen molar-refractivity contribution < 1.29 is 14.5 Å². The molecule has 0 bridgehead atoms. The fourth-order valence-electron chi connectivity index (χ4n) is 2.45. The van der Waals surface area contributed by atoms with Crippen LogP contribution in [-0.4, -0.2) is 12.5 Å². The zero-order chi connectivity index (χ0) is 15.9. The number of amides is 1. The number of hydrogen-bond donors (Lipinski definition) is 2. The van der Waals surface area contributed by atoms with E-state index in [-0.39, 0.29) is 17.8 Å². The van der Waals surface area contributed by atoms with Gasteiger partial charge in [0.25, 0.3) is 5.91 Å². The van der Waals surface area contributed by atoms with Crippen LogP contribution in [0.4, 0.5) is 10.1 Å². The Bertz CT molecular complexity index is 596. The van der Waals surface area contributed by atoms with Crippen molar-refractivity contribution in [2.24, 2.45) is 5.92 Å². The van der Waals surface area contributed by atoms with Crippen molar-refractivity contribution in [2.45, 2.75) is 19.9 Å². The lowest BCUT2D eigenvalue weighted by Gasteiger charge is -2.19. The largest absolute Gasteiger partial charge is 0.332 e. The van der Waals surface area contributed by atoms with Gasteiger partial charge < -0.3 is 10.6 Å². The van der Waals surface area contributed by atoms with Crippen LogP contribution in [0.5, 0.6) is 0 Å². The molecule has 0 aliphatic heterocycles. The van der Waals surface area contributed by atoms with E-state index in [0.29, 0.717) is 18.2 Å². The SMILES string of the molecule is CC(C)[C@@H]([NH2+]CC(=O)Nc1ccc(F)cc1)c1ccccc1. The molecule has 1 atom stereocenters. The van der Waals surface area contributed by atoms with Gasteiger partial charge >= 0.3 is 0 Å². The number of rotatable bonds is 6. The van der Waals surface area contributed by atoms with Crippen LogP contribution >= 0.6 is 0 Å². The molecular formula is C18H22FN2O+. The van der Waals surface area contributed by atoms with E-state index in [2.05, 4.69) is 31.3 Å². The van der Waals surface area contributed by atoms with Crippen molar-refractivity contribution in [1.29, 1.82) is 0 Å². The van der Waals surface area contributed by atoms with E-state index in [4.69, 9.17) is 0 Å². The Kier molecular flexibility index (Phi) is 5.67. The first-order chi connectivity index (χ1) is 10.6. The molecule has 0 aliphatic carbocycles. The van der Waals surface area contributed by atoms with Gasteiger partial charge in [-0.05, 0) is 24.3 Å². The maximum Gasteiger partial charge on any atom is 0.279 e. The van der Waals surface area contributed by atoms with Gasteiger partial charge in [0, 0.05) is 17.2 Å². The first kappa shape index (κ1) is 16.2. The molecule has 22 heavy (non-hydrogen) atoms. The Morgan fingerprint density at radius 2 is 1.73 bits per heavy atom. The molecule has 0 spiro atoms. The van der Waals surface area contributed by atoms with Gasteiger partial charge in [0.05, 0.1) is 0 Å². The lowest BCUT2D eigenvalue weighted by molar-refractivity contribution is -0.692. The van der Waals surface area contributed by atoms with Gasteiger partial charge in [0.1, 0.15) is 11.9 Å². The minimum absolute atomic E-state index is 0.0896. The molecule has 0 saturated heterocycles. The van der Waals surface area contributed by atoms with Crippen LogP contribution in [0.15, 0.2) is 54.6 Å². The van der Waals surface area contributed by atoms with E-state index in [1.807, 2.05) is 23.5 Å². The van der Waals surface area contributed by atoms with Gasteiger partial charge in [-0.1, -0.05) is 44.2 Å². The molecule has 2 aromatic rings. The minimum Gasteiger partial charge on any atom is -0.332 e. The molecule has 4 heteroatoms. The fraction of sp³-hybridized carbons (Fsp3) is 0.278. The molecule has 0 aromatic heterocycles. The zero-order valence-electron chi connectivity index (χ0n) is 12.9. The fourth-order valence-corrected chi connectivity index (χ4v) is 2.45. The van der Waals surface area contributed by atoms with Crippen LogP contribution < -0.4 is 10.6 Å². The van der Waals surface area contributed by atoms with Gasteiger partial charge in [-0.3, -0.25) is 4.79 Å². The van der Waals surface area contributed by atoms with Crippen molar-refractivity contribution in [3.8, 4) is 0 Å². The summed E-state index contributed by atoms with van der Waals surface area (Å²) >= 11 is 0. The molecule has 1 amide bonds. The van der Waals surface area contributed by atoms with Crippen LogP contribution in [0.2, 0.25) is 0 Å². The van der Waals surface area contributed by atoms with Crippen molar-refractivity contribution in [3.05, 3.63) is 66.0 Å². The molecule has 116 valence electrons. The third-order valence-corrected chi connectivity index (χ3v) is 3.59. The average molecular weight is 301 g/mol. The summed E-state index contributed by atoms with van der Waals surface area (Å²) in [5.41, 5.74) is 1.83. The summed E-state index contributed by atoms with van der Waals surface area (Å²) in [6, 6.07) is 16.2.